The number of carbonyl (C=O) groups is 2. The maximum atomic E-state index is 12.0. The molecule has 6 heteroatoms. The average Bonchev–Trinajstić information content (AvgIpc) is 2.96. The predicted octanol–water partition coefficient (Wildman–Crippen LogP) is 3.36. The monoisotopic (exact) mass is 320 g/mol. The Balaban J connectivity index is 1.99. The lowest BCUT2D eigenvalue weighted by Crippen LogP contribution is -2.36. The smallest absolute Gasteiger partial charge is 0.414 e. The molecule has 1 unspecified atom stereocenters. The number of hydrogen-bond donors (Lipinski definition) is 0. The fourth-order valence-corrected chi connectivity index (χ4v) is 2.32. The standard InChI is InChI=1S/C17H24N2O4/c1-5-22-15(20)13-6-9-19(12-13)14-7-10-18(11-8-14)16(21)23-17(2,3)4/h6-7,9-10,12,14H,5,8,11H2,1-4H3. The minimum atomic E-state index is -0.503. The molecule has 1 atom stereocenters. The van der Waals surface area contributed by atoms with Crippen LogP contribution < -0.4 is 0 Å². The lowest BCUT2D eigenvalue weighted by Gasteiger charge is -2.29. The number of hydrogen-bond acceptors (Lipinski definition) is 4. The second kappa shape index (κ2) is 6.89. The Bertz CT molecular complexity index is 598. The minimum Gasteiger partial charge on any atom is -0.462 e. The number of ether oxygens (including phenoxy) is 2. The van der Waals surface area contributed by atoms with E-state index in [1.54, 1.807) is 30.3 Å². The molecule has 1 amide bonds. The first-order chi connectivity index (χ1) is 10.8. The topological polar surface area (TPSA) is 60.8 Å². The van der Waals surface area contributed by atoms with Gasteiger partial charge in [0.1, 0.15) is 5.60 Å². The third kappa shape index (κ3) is 4.61. The summed E-state index contributed by atoms with van der Waals surface area (Å²) in [5.41, 5.74) is 0.0336. The number of amides is 1. The van der Waals surface area contributed by atoms with Gasteiger partial charge in [-0.1, -0.05) is 0 Å². The third-order valence-electron chi connectivity index (χ3n) is 3.39. The summed E-state index contributed by atoms with van der Waals surface area (Å²) in [6, 6.07) is 1.85. The van der Waals surface area contributed by atoms with Crippen LogP contribution in [0.4, 0.5) is 4.79 Å². The van der Waals surface area contributed by atoms with E-state index in [-0.39, 0.29) is 18.1 Å². The molecule has 0 radical (unpaired) electrons. The van der Waals surface area contributed by atoms with Crippen molar-refractivity contribution in [2.45, 2.75) is 45.8 Å². The average molecular weight is 320 g/mol. The van der Waals surface area contributed by atoms with Crippen LogP contribution in [0.1, 0.15) is 50.5 Å². The fraction of sp³-hybridized carbons (Fsp3) is 0.529. The van der Waals surface area contributed by atoms with Crippen molar-refractivity contribution in [3.8, 4) is 0 Å². The van der Waals surface area contributed by atoms with Crippen molar-refractivity contribution in [2.24, 2.45) is 0 Å². The zero-order valence-electron chi connectivity index (χ0n) is 14.1. The van der Waals surface area contributed by atoms with E-state index < -0.39 is 5.60 Å². The van der Waals surface area contributed by atoms with Crippen molar-refractivity contribution in [1.82, 2.24) is 9.47 Å². The minimum absolute atomic E-state index is 0.108. The normalized spacial score (nSPS) is 17.9. The summed E-state index contributed by atoms with van der Waals surface area (Å²) < 4.78 is 12.3. The summed E-state index contributed by atoms with van der Waals surface area (Å²) in [6.45, 7) is 8.25. The molecule has 0 aromatic carbocycles. The number of rotatable bonds is 3. The van der Waals surface area contributed by atoms with Gasteiger partial charge in [0.15, 0.2) is 0 Å². The Labute approximate surface area is 136 Å². The third-order valence-corrected chi connectivity index (χ3v) is 3.39. The van der Waals surface area contributed by atoms with Crippen LogP contribution in [0.2, 0.25) is 0 Å². The van der Waals surface area contributed by atoms with Crippen LogP contribution in [-0.2, 0) is 9.47 Å². The van der Waals surface area contributed by atoms with Gasteiger partial charge in [0.05, 0.1) is 18.2 Å². The second-order valence-corrected chi connectivity index (χ2v) is 6.44. The Kier molecular flexibility index (Phi) is 5.13. The number of carbonyl (C=O) groups excluding carboxylic acids is 2. The highest BCUT2D eigenvalue weighted by molar-refractivity contribution is 5.89. The predicted molar refractivity (Wildman–Crippen MR) is 86.1 cm³/mol. The van der Waals surface area contributed by atoms with E-state index in [1.165, 1.54) is 0 Å². The van der Waals surface area contributed by atoms with E-state index in [0.717, 1.165) is 6.42 Å². The molecular weight excluding hydrogens is 296 g/mol. The van der Waals surface area contributed by atoms with Crippen molar-refractivity contribution in [1.29, 1.82) is 0 Å². The van der Waals surface area contributed by atoms with Gasteiger partial charge in [-0.3, -0.25) is 4.90 Å². The van der Waals surface area contributed by atoms with Gasteiger partial charge in [0.2, 0.25) is 0 Å². The maximum absolute atomic E-state index is 12.0. The molecule has 1 aromatic rings. The SMILES string of the molecule is CCOC(=O)c1ccn(C2C=CN(C(=O)OC(C)(C)C)CC2)c1. The summed E-state index contributed by atoms with van der Waals surface area (Å²) >= 11 is 0. The summed E-state index contributed by atoms with van der Waals surface area (Å²) in [7, 11) is 0. The van der Waals surface area contributed by atoms with E-state index in [1.807, 2.05) is 37.6 Å². The second-order valence-electron chi connectivity index (χ2n) is 6.44. The van der Waals surface area contributed by atoms with Crippen molar-refractivity contribution < 1.29 is 19.1 Å². The van der Waals surface area contributed by atoms with Crippen molar-refractivity contribution in [3.63, 3.8) is 0 Å². The summed E-state index contributed by atoms with van der Waals surface area (Å²) in [5, 5.41) is 0. The zero-order chi connectivity index (χ0) is 17.0. The van der Waals surface area contributed by atoms with Crippen molar-refractivity contribution in [2.75, 3.05) is 13.2 Å². The molecule has 1 aliphatic heterocycles. The summed E-state index contributed by atoms with van der Waals surface area (Å²) in [4.78, 5) is 25.3. The molecular formula is C17H24N2O4. The fourth-order valence-electron chi connectivity index (χ4n) is 2.32. The van der Waals surface area contributed by atoms with Crippen molar-refractivity contribution >= 4 is 12.1 Å². The Morgan fingerprint density at radius 2 is 2.09 bits per heavy atom. The van der Waals surface area contributed by atoms with Crippen LogP contribution in [-0.4, -0.2) is 40.3 Å². The molecule has 0 spiro atoms. The first-order valence-corrected chi connectivity index (χ1v) is 7.82. The molecule has 0 fully saturated rings. The van der Waals surface area contributed by atoms with E-state index >= 15 is 0 Å². The molecule has 0 aliphatic carbocycles. The summed E-state index contributed by atoms with van der Waals surface area (Å²) in [6.07, 6.45) is 7.72. The lowest BCUT2D eigenvalue weighted by atomic mass is 10.1. The van der Waals surface area contributed by atoms with Gasteiger partial charge in [-0.2, -0.15) is 0 Å². The van der Waals surface area contributed by atoms with Gasteiger partial charge in [-0.05, 0) is 46.3 Å². The molecule has 1 aliphatic rings. The van der Waals surface area contributed by atoms with Crippen LogP contribution in [0.15, 0.2) is 30.7 Å². The van der Waals surface area contributed by atoms with Gasteiger partial charge in [-0.25, -0.2) is 9.59 Å². The summed E-state index contributed by atoms with van der Waals surface area (Å²) in [5.74, 6) is -0.318. The molecule has 2 rings (SSSR count). The van der Waals surface area contributed by atoms with Gasteiger partial charge in [0.25, 0.3) is 0 Å². The molecule has 1 aromatic heterocycles. The number of allylic oxidation sites excluding steroid dienone is 1. The highest BCUT2D eigenvalue weighted by Gasteiger charge is 2.24. The van der Waals surface area contributed by atoms with E-state index in [2.05, 4.69) is 0 Å². The molecule has 126 valence electrons. The van der Waals surface area contributed by atoms with Crippen LogP contribution >= 0.6 is 0 Å². The first kappa shape index (κ1) is 17.1. The molecule has 0 saturated carbocycles. The Morgan fingerprint density at radius 1 is 1.35 bits per heavy atom. The van der Waals surface area contributed by atoms with Gasteiger partial charge < -0.3 is 14.0 Å². The number of aromatic nitrogens is 1. The highest BCUT2D eigenvalue weighted by atomic mass is 16.6. The Hall–Kier alpha value is -2.24. The van der Waals surface area contributed by atoms with Crippen LogP contribution in [0.3, 0.4) is 0 Å². The number of esters is 1. The number of nitrogens with zero attached hydrogens (tertiary/aromatic N) is 2. The molecule has 0 saturated heterocycles. The van der Waals surface area contributed by atoms with Gasteiger partial charge in [0, 0.05) is 25.1 Å². The molecule has 6 nitrogen and oxygen atoms in total. The molecule has 0 bridgehead atoms. The molecule has 23 heavy (non-hydrogen) atoms. The van der Waals surface area contributed by atoms with Gasteiger partial charge in [-0.15, -0.1) is 0 Å². The van der Waals surface area contributed by atoms with E-state index in [9.17, 15) is 9.59 Å². The van der Waals surface area contributed by atoms with Crippen LogP contribution in [0.25, 0.3) is 0 Å². The Morgan fingerprint density at radius 3 is 2.65 bits per heavy atom. The van der Waals surface area contributed by atoms with Crippen molar-refractivity contribution in [3.05, 3.63) is 36.3 Å². The van der Waals surface area contributed by atoms with E-state index in [4.69, 9.17) is 9.47 Å². The quantitative estimate of drug-likeness (QED) is 0.801. The zero-order valence-corrected chi connectivity index (χ0v) is 14.1. The first-order valence-electron chi connectivity index (χ1n) is 7.82. The van der Waals surface area contributed by atoms with Gasteiger partial charge >= 0.3 is 12.1 Å². The van der Waals surface area contributed by atoms with Crippen LogP contribution in [0, 0.1) is 0 Å². The maximum Gasteiger partial charge on any atom is 0.414 e. The molecule has 2 heterocycles. The van der Waals surface area contributed by atoms with E-state index in [0.29, 0.717) is 18.7 Å². The molecule has 0 N–H and O–H groups in total. The van der Waals surface area contributed by atoms with Crippen LogP contribution in [0.5, 0.6) is 0 Å². The largest absolute Gasteiger partial charge is 0.462 e. The highest BCUT2D eigenvalue weighted by Crippen LogP contribution is 2.22. The lowest BCUT2D eigenvalue weighted by molar-refractivity contribution is 0.0320.